The number of nitrogens with one attached hydrogen (secondary N) is 1. The summed E-state index contributed by atoms with van der Waals surface area (Å²) < 4.78 is 0. The van der Waals surface area contributed by atoms with E-state index in [0.29, 0.717) is 0 Å². The van der Waals surface area contributed by atoms with Crippen molar-refractivity contribution in [1.82, 2.24) is 10.2 Å². The average molecular weight is 346 g/mol. The molecule has 0 bridgehead atoms. The van der Waals surface area contributed by atoms with Crippen LogP contribution in [0.3, 0.4) is 0 Å². The summed E-state index contributed by atoms with van der Waals surface area (Å²) in [6, 6.07) is 6.12. The zero-order valence-electron chi connectivity index (χ0n) is 13.1. The van der Waals surface area contributed by atoms with Crippen molar-refractivity contribution < 1.29 is 4.79 Å². The standard InChI is InChI=1S/C16H23N3O.2ClH/c1-19(2)15(20)11-3-4-12-10-16(5-7-18-8-6-16)14(17)13(12)9-11;;/h3-4,9,14,18H,5-8,10,17H2,1-2H3;2*1H. The molecule has 1 aliphatic heterocycles. The second-order valence-electron chi connectivity index (χ2n) is 6.38. The maximum absolute atomic E-state index is 12.1. The van der Waals surface area contributed by atoms with Gasteiger partial charge < -0.3 is 16.0 Å². The van der Waals surface area contributed by atoms with E-state index in [1.165, 1.54) is 11.1 Å². The van der Waals surface area contributed by atoms with Gasteiger partial charge in [-0.2, -0.15) is 0 Å². The summed E-state index contributed by atoms with van der Waals surface area (Å²) in [7, 11) is 3.56. The van der Waals surface area contributed by atoms with Gasteiger partial charge in [0, 0.05) is 25.7 Å². The number of nitrogens with zero attached hydrogens (tertiary/aromatic N) is 1. The van der Waals surface area contributed by atoms with Crippen LogP contribution in [0.5, 0.6) is 0 Å². The molecule has 124 valence electrons. The molecule has 3 rings (SSSR count). The molecule has 1 fully saturated rings. The monoisotopic (exact) mass is 345 g/mol. The lowest BCUT2D eigenvalue weighted by Crippen LogP contribution is -2.42. The van der Waals surface area contributed by atoms with Gasteiger partial charge in [0.15, 0.2) is 0 Å². The first kappa shape index (κ1) is 19.2. The fourth-order valence-corrected chi connectivity index (χ4v) is 3.67. The maximum Gasteiger partial charge on any atom is 0.253 e. The lowest BCUT2D eigenvalue weighted by atomic mass is 9.73. The number of carbonyl (C=O) groups excluding carboxylic acids is 1. The van der Waals surface area contributed by atoms with Crippen molar-refractivity contribution in [2.24, 2.45) is 11.1 Å². The number of carbonyl (C=O) groups is 1. The van der Waals surface area contributed by atoms with Crippen molar-refractivity contribution in [3.63, 3.8) is 0 Å². The fraction of sp³-hybridized carbons (Fsp3) is 0.562. The van der Waals surface area contributed by atoms with E-state index in [-0.39, 0.29) is 42.2 Å². The first-order valence-corrected chi connectivity index (χ1v) is 7.34. The number of nitrogens with two attached hydrogens (primary N) is 1. The molecule has 1 amide bonds. The number of hydrogen-bond acceptors (Lipinski definition) is 3. The zero-order chi connectivity index (χ0) is 14.3. The molecule has 1 aromatic carbocycles. The van der Waals surface area contributed by atoms with Crippen LogP contribution in [0.4, 0.5) is 0 Å². The molecule has 2 aliphatic rings. The first-order valence-electron chi connectivity index (χ1n) is 7.34. The number of hydrogen-bond donors (Lipinski definition) is 2. The number of piperidine rings is 1. The second-order valence-corrected chi connectivity index (χ2v) is 6.38. The van der Waals surface area contributed by atoms with Crippen molar-refractivity contribution in [3.05, 3.63) is 34.9 Å². The Hall–Kier alpha value is -0.810. The van der Waals surface area contributed by atoms with Gasteiger partial charge >= 0.3 is 0 Å². The van der Waals surface area contributed by atoms with E-state index in [4.69, 9.17) is 5.73 Å². The van der Waals surface area contributed by atoms with Crippen LogP contribution in [-0.4, -0.2) is 38.0 Å². The summed E-state index contributed by atoms with van der Waals surface area (Å²) in [6.45, 7) is 2.09. The molecule has 1 atom stereocenters. The highest BCUT2D eigenvalue weighted by molar-refractivity contribution is 5.94. The number of amides is 1. The van der Waals surface area contributed by atoms with E-state index in [2.05, 4.69) is 11.4 Å². The van der Waals surface area contributed by atoms with Gasteiger partial charge in [-0.25, -0.2) is 0 Å². The Morgan fingerprint density at radius 1 is 1.27 bits per heavy atom. The molecule has 1 unspecified atom stereocenters. The number of rotatable bonds is 1. The highest BCUT2D eigenvalue weighted by Crippen LogP contribution is 2.49. The average Bonchev–Trinajstić information content (AvgIpc) is 2.71. The van der Waals surface area contributed by atoms with Gasteiger partial charge in [-0.05, 0) is 61.0 Å². The van der Waals surface area contributed by atoms with Crippen LogP contribution in [0, 0.1) is 5.41 Å². The SMILES string of the molecule is CN(C)C(=O)c1ccc2c(c1)C(N)C1(CCNCC1)C2.Cl.Cl. The third-order valence-corrected chi connectivity index (χ3v) is 4.94. The van der Waals surface area contributed by atoms with E-state index in [1.807, 2.05) is 12.1 Å². The minimum Gasteiger partial charge on any atom is -0.345 e. The molecule has 0 saturated carbocycles. The van der Waals surface area contributed by atoms with Crippen LogP contribution in [0.15, 0.2) is 18.2 Å². The number of benzene rings is 1. The van der Waals surface area contributed by atoms with Gasteiger partial charge in [0.05, 0.1) is 0 Å². The summed E-state index contributed by atoms with van der Waals surface area (Å²) >= 11 is 0. The third kappa shape index (κ3) is 3.11. The minimum absolute atomic E-state index is 0. The Balaban J connectivity index is 0.00000121. The van der Waals surface area contributed by atoms with Gasteiger partial charge in [-0.3, -0.25) is 4.79 Å². The predicted molar refractivity (Wildman–Crippen MR) is 94.1 cm³/mol. The van der Waals surface area contributed by atoms with Crippen LogP contribution in [-0.2, 0) is 6.42 Å². The predicted octanol–water partition coefficient (Wildman–Crippen LogP) is 2.16. The van der Waals surface area contributed by atoms with Gasteiger partial charge in [0.1, 0.15) is 0 Å². The van der Waals surface area contributed by atoms with Gasteiger partial charge in [-0.1, -0.05) is 6.07 Å². The molecule has 1 aliphatic carbocycles. The van der Waals surface area contributed by atoms with Crippen LogP contribution < -0.4 is 11.1 Å². The lowest BCUT2D eigenvalue weighted by molar-refractivity contribution is 0.0827. The molecule has 3 N–H and O–H groups in total. The molecular weight excluding hydrogens is 321 g/mol. The highest BCUT2D eigenvalue weighted by atomic mass is 35.5. The Morgan fingerprint density at radius 3 is 2.50 bits per heavy atom. The largest absolute Gasteiger partial charge is 0.345 e. The molecule has 4 nitrogen and oxygen atoms in total. The van der Waals surface area contributed by atoms with E-state index >= 15 is 0 Å². The van der Waals surface area contributed by atoms with Crippen molar-refractivity contribution in [3.8, 4) is 0 Å². The molecule has 1 saturated heterocycles. The summed E-state index contributed by atoms with van der Waals surface area (Å²) in [5, 5.41) is 3.41. The molecule has 0 aromatic heterocycles. The molecule has 1 spiro atoms. The lowest BCUT2D eigenvalue weighted by Gasteiger charge is -2.37. The molecule has 6 heteroatoms. The van der Waals surface area contributed by atoms with E-state index in [0.717, 1.165) is 37.9 Å². The maximum atomic E-state index is 12.1. The minimum atomic E-state index is 0. The summed E-state index contributed by atoms with van der Waals surface area (Å²) in [5.74, 6) is 0.0475. The van der Waals surface area contributed by atoms with Crippen LogP contribution in [0.1, 0.15) is 40.4 Å². The molecule has 1 heterocycles. The van der Waals surface area contributed by atoms with Crippen LogP contribution in [0.2, 0.25) is 0 Å². The van der Waals surface area contributed by atoms with Crippen molar-refractivity contribution in [2.45, 2.75) is 25.3 Å². The molecule has 0 radical (unpaired) electrons. The number of halogens is 2. The quantitative estimate of drug-likeness (QED) is 0.819. The van der Waals surface area contributed by atoms with Crippen molar-refractivity contribution in [2.75, 3.05) is 27.2 Å². The zero-order valence-corrected chi connectivity index (χ0v) is 14.7. The van der Waals surface area contributed by atoms with E-state index in [9.17, 15) is 4.79 Å². The summed E-state index contributed by atoms with van der Waals surface area (Å²) in [4.78, 5) is 13.7. The van der Waals surface area contributed by atoms with E-state index in [1.54, 1.807) is 19.0 Å². The number of fused-ring (bicyclic) bond motifs is 1. The van der Waals surface area contributed by atoms with Gasteiger partial charge in [0.25, 0.3) is 5.91 Å². The second kappa shape index (κ2) is 7.18. The van der Waals surface area contributed by atoms with Crippen LogP contribution in [0.25, 0.3) is 0 Å². The molecule has 22 heavy (non-hydrogen) atoms. The summed E-state index contributed by atoms with van der Waals surface area (Å²) in [6.07, 6.45) is 3.31. The van der Waals surface area contributed by atoms with Crippen LogP contribution >= 0.6 is 24.8 Å². The van der Waals surface area contributed by atoms with Gasteiger partial charge in [-0.15, -0.1) is 24.8 Å². The Kier molecular flexibility index (Phi) is 6.27. The normalized spacial score (nSPS) is 21.5. The molecular formula is C16H25Cl2N3O. The summed E-state index contributed by atoms with van der Waals surface area (Å²) in [5.41, 5.74) is 10.0. The van der Waals surface area contributed by atoms with Crippen molar-refractivity contribution in [1.29, 1.82) is 0 Å². The topological polar surface area (TPSA) is 58.4 Å². The Morgan fingerprint density at radius 2 is 1.91 bits per heavy atom. The Labute approximate surface area is 144 Å². The first-order chi connectivity index (χ1) is 9.53. The third-order valence-electron chi connectivity index (χ3n) is 4.94. The highest BCUT2D eigenvalue weighted by Gasteiger charge is 2.44. The van der Waals surface area contributed by atoms with Gasteiger partial charge in [0.2, 0.25) is 0 Å². The fourth-order valence-electron chi connectivity index (χ4n) is 3.67. The van der Waals surface area contributed by atoms with Crippen molar-refractivity contribution >= 4 is 30.7 Å². The smallest absolute Gasteiger partial charge is 0.253 e. The Bertz CT molecular complexity index is 542. The van der Waals surface area contributed by atoms with E-state index < -0.39 is 0 Å². The molecule has 1 aromatic rings.